The second kappa shape index (κ2) is 4.54. The van der Waals surface area contributed by atoms with Crippen LogP contribution in [0.25, 0.3) is 11.3 Å². The Morgan fingerprint density at radius 2 is 2.00 bits per heavy atom. The molecule has 1 aromatic carbocycles. The molecule has 0 amide bonds. The molecule has 16 heavy (non-hydrogen) atoms. The maximum absolute atomic E-state index is 8.95. The molecule has 0 spiro atoms. The van der Waals surface area contributed by atoms with Crippen LogP contribution >= 0.6 is 0 Å². The van der Waals surface area contributed by atoms with Gasteiger partial charge in [0.15, 0.2) is 0 Å². The number of aliphatic hydroxyl groups is 1. The summed E-state index contributed by atoms with van der Waals surface area (Å²) in [5, 5.41) is 8.95. The summed E-state index contributed by atoms with van der Waals surface area (Å²) in [6.07, 6.45) is 0. The van der Waals surface area contributed by atoms with Gasteiger partial charge in [-0.1, -0.05) is 32.0 Å². The Morgan fingerprint density at radius 3 is 2.62 bits per heavy atom. The molecule has 2 heteroatoms. The number of hydrogen-bond acceptors (Lipinski definition) is 2. The van der Waals surface area contributed by atoms with Crippen LogP contribution in [0.4, 0.5) is 0 Å². The lowest BCUT2D eigenvalue weighted by molar-refractivity contribution is 0.248. The SMILES string of the molecule is CC(C)c1cccc(-c2ccc(CO)o2)c1. The molecule has 0 bridgehead atoms. The summed E-state index contributed by atoms with van der Waals surface area (Å²) >= 11 is 0. The summed E-state index contributed by atoms with van der Waals surface area (Å²) in [5.74, 6) is 1.92. The average molecular weight is 216 g/mol. The molecule has 1 N–H and O–H groups in total. The van der Waals surface area contributed by atoms with E-state index in [1.54, 1.807) is 6.07 Å². The van der Waals surface area contributed by atoms with Crippen molar-refractivity contribution in [2.24, 2.45) is 0 Å². The third kappa shape index (κ3) is 2.17. The Balaban J connectivity index is 2.36. The van der Waals surface area contributed by atoms with E-state index in [9.17, 15) is 0 Å². The Kier molecular flexibility index (Phi) is 3.11. The smallest absolute Gasteiger partial charge is 0.134 e. The number of rotatable bonds is 3. The van der Waals surface area contributed by atoms with Crippen LogP contribution in [0.3, 0.4) is 0 Å². The van der Waals surface area contributed by atoms with Gasteiger partial charge in [-0.3, -0.25) is 0 Å². The molecule has 0 saturated heterocycles. The van der Waals surface area contributed by atoms with E-state index in [4.69, 9.17) is 9.52 Å². The van der Waals surface area contributed by atoms with Crippen molar-refractivity contribution in [2.45, 2.75) is 26.4 Å². The molecule has 0 fully saturated rings. The normalized spacial score (nSPS) is 11.0. The first-order chi connectivity index (χ1) is 7.70. The average Bonchev–Trinajstić information content (AvgIpc) is 2.77. The molecule has 0 aliphatic heterocycles. The summed E-state index contributed by atoms with van der Waals surface area (Å²) in [5.41, 5.74) is 2.35. The van der Waals surface area contributed by atoms with Crippen LogP contribution in [0.1, 0.15) is 31.1 Å². The summed E-state index contributed by atoms with van der Waals surface area (Å²) in [6.45, 7) is 4.28. The van der Waals surface area contributed by atoms with E-state index in [0.29, 0.717) is 11.7 Å². The molecule has 0 atom stereocenters. The van der Waals surface area contributed by atoms with Crippen LogP contribution in [-0.2, 0) is 6.61 Å². The Hall–Kier alpha value is -1.54. The molecule has 0 aliphatic carbocycles. The van der Waals surface area contributed by atoms with Crippen molar-refractivity contribution in [3.05, 3.63) is 47.7 Å². The summed E-state index contributed by atoms with van der Waals surface area (Å²) in [4.78, 5) is 0. The second-order valence-corrected chi connectivity index (χ2v) is 4.20. The maximum atomic E-state index is 8.95. The van der Waals surface area contributed by atoms with Gasteiger partial charge in [0.2, 0.25) is 0 Å². The molecule has 1 aromatic heterocycles. The van der Waals surface area contributed by atoms with Crippen LogP contribution in [0.15, 0.2) is 40.8 Å². The van der Waals surface area contributed by atoms with Crippen LogP contribution in [-0.4, -0.2) is 5.11 Å². The molecular weight excluding hydrogens is 200 g/mol. The highest BCUT2D eigenvalue weighted by Gasteiger charge is 2.06. The van der Waals surface area contributed by atoms with Crippen molar-refractivity contribution in [1.82, 2.24) is 0 Å². The third-order valence-electron chi connectivity index (χ3n) is 2.66. The zero-order valence-electron chi connectivity index (χ0n) is 9.60. The molecule has 0 saturated carbocycles. The van der Waals surface area contributed by atoms with E-state index in [2.05, 4.69) is 26.0 Å². The molecule has 0 aliphatic rings. The molecule has 0 unspecified atom stereocenters. The van der Waals surface area contributed by atoms with Gasteiger partial charge in [0.05, 0.1) is 0 Å². The van der Waals surface area contributed by atoms with E-state index >= 15 is 0 Å². The van der Waals surface area contributed by atoms with Crippen LogP contribution in [0.5, 0.6) is 0 Å². The fraction of sp³-hybridized carbons (Fsp3) is 0.286. The summed E-state index contributed by atoms with van der Waals surface area (Å²) in [6, 6.07) is 12.0. The van der Waals surface area contributed by atoms with E-state index in [0.717, 1.165) is 11.3 Å². The van der Waals surface area contributed by atoms with E-state index < -0.39 is 0 Å². The molecule has 84 valence electrons. The lowest BCUT2D eigenvalue weighted by Gasteiger charge is -2.06. The van der Waals surface area contributed by atoms with Crippen LogP contribution in [0.2, 0.25) is 0 Å². The number of furan rings is 1. The Morgan fingerprint density at radius 1 is 1.19 bits per heavy atom. The van der Waals surface area contributed by atoms with Gasteiger partial charge in [0.1, 0.15) is 18.1 Å². The monoisotopic (exact) mass is 216 g/mol. The minimum atomic E-state index is -0.0517. The second-order valence-electron chi connectivity index (χ2n) is 4.20. The first-order valence-corrected chi connectivity index (χ1v) is 5.50. The molecule has 2 nitrogen and oxygen atoms in total. The highest BCUT2D eigenvalue weighted by Crippen LogP contribution is 2.25. The molecule has 0 radical (unpaired) electrons. The van der Waals surface area contributed by atoms with Gasteiger partial charge in [0.25, 0.3) is 0 Å². The van der Waals surface area contributed by atoms with Crippen LogP contribution in [0, 0.1) is 0 Å². The number of benzene rings is 1. The molecule has 2 rings (SSSR count). The van der Waals surface area contributed by atoms with Crippen LogP contribution < -0.4 is 0 Å². The van der Waals surface area contributed by atoms with E-state index in [1.165, 1.54) is 5.56 Å². The van der Waals surface area contributed by atoms with Gasteiger partial charge in [-0.15, -0.1) is 0 Å². The minimum Gasteiger partial charge on any atom is -0.459 e. The van der Waals surface area contributed by atoms with Crippen molar-refractivity contribution < 1.29 is 9.52 Å². The van der Waals surface area contributed by atoms with Gasteiger partial charge in [0, 0.05) is 5.56 Å². The summed E-state index contributed by atoms with van der Waals surface area (Å²) in [7, 11) is 0. The Bertz CT molecular complexity index is 469. The maximum Gasteiger partial charge on any atom is 0.134 e. The zero-order chi connectivity index (χ0) is 11.5. The minimum absolute atomic E-state index is 0.0517. The van der Waals surface area contributed by atoms with Crippen molar-refractivity contribution in [1.29, 1.82) is 0 Å². The Labute approximate surface area is 95.5 Å². The third-order valence-corrected chi connectivity index (χ3v) is 2.66. The topological polar surface area (TPSA) is 33.4 Å². The van der Waals surface area contributed by atoms with E-state index in [-0.39, 0.29) is 6.61 Å². The molecule has 1 heterocycles. The number of aliphatic hydroxyl groups excluding tert-OH is 1. The predicted molar refractivity (Wildman–Crippen MR) is 64.2 cm³/mol. The standard InChI is InChI=1S/C14H16O2/c1-10(2)11-4-3-5-12(8-11)14-7-6-13(9-15)16-14/h3-8,10,15H,9H2,1-2H3. The summed E-state index contributed by atoms with van der Waals surface area (Å²) < 4.78 is 5.50. The predicted octanol–water partition coefficient (Wildman–Crippen LogP) is 3.56. The fourth-order valence-corrected chi connectivity index (χ4v) is 1.67. The van der Waals surface area contributed by atoms with Crippen molar-refractivity contribution in [3.63, 3.8) is 0 Å². The van der Waals surface area contributed by atoms with Crippen molar-refractivity contribution in [2.75, 3.05) is 0 Å². The van der Waals surface area contributed by atoms with Gasteiger partial charge in [-0.2, -0.15) is 0 Å². The highest BCUT2D eigenvalue weighted by atomic mass is 16.4. The molecular formula is C14H16O2. The van der Waals surface area contributed by atoms with Gasteiger partial charge in [-0.25, -0.2) is 0 Å². The lowest BCUT2D eigenvalue weighted by atomic mass is 10.0. The molecule has 2 aromatic rings. The van der Waals surface area contributed by atoms with Gasteiger partial charge >= 0.3 is 0 Å². The quantitative estimate of drug-likeness (QED) is 0.851. The fourth-order valence-electron chi connectivity index (χ4n) is 1.67. The van der Waals surface area contributed by atoms with E-state index in [1.807, 2.05) is 18.2 Å². The van der Waals surface area contributed by atoms with Crippen molar-refractivity contribution in [3.8, 4) is 11.3 Å². The van der Waals surface area contributed by atoms with Gasteiger partial charge in [-0.05, 0) is 29.7 Å². The largest absolute Gasteiger partial charge is 0.459 e. The highest BCUT2D eigenvalue weighted by molar-refractivity contribution is 5.58. The van der Waals surface area contributed by atoms with Gasteiger partial charge < -0.3 is 9.52 Å². The first-order valence-electron chi connectivity index (χ1n) is 5.50. The number of hydrogen-bond donors (Lipinski definition) is 1. The zero-order valence-corrected chi connectivity index (χ0v) is 9.60. The van der Waals surface area contributed by atoms with Crippen molar-refractivity contribution >= 4 is 0 Å². The first kappa shape index (κ1) is 11.0. The lowest BCUT2D eigenvalue weighted by Crippen LogP contribution is -1.86.